The summed E-state index contributed by atoms with van der Waals surface area (Å²) in [6.07, 6.45) is -16.6. The van der Waals surface area contributed by atoms with E-state index in [0.717, 1.165) is 0 Å². The van der Waals surface area contributed by atoms with Crippen LogP contribution in [0, 0.1) is 5.92 Å². The van der Waals surface area contributed by atoms with Gasteiger partial charge in [0, 0.05) is 5.92 Å². The van der Waals surface area contributed by atoms with Gasteiger partial charge in [0.1, 0.15) is 42.7 Å². The third-order valence-corrected chi connectivity index (χ3v) is 8.32. The average Bonchev–Trinajstić information content (AvgIpc) is 2.85. The molecule has 0 bridgehead atoms. The maximum Gasteiger partial charge on any atom is 0.397 e. The Morgan fingerprint density at radius 2 is 1.34 bits per heavy atom. The van der Waals surface area contributed by atoms with Crippen molar-refractivity contribution in [2.24, 2.45) is 11.1 Å². The lowest BCUT2D eigenvalue weighted by molar-refractivity contribution is -0.349. The molecule has 242 valence electrons. The molecule has 3 aliphatic rings. The largest absolute Gasteiger partial charge is 0.397 e. The number of hydrogen-bond acceptors (Lipinski definition) is 16. The van der Waals surface area contributed by atoms with Crippen LogP contribution in [0.1, 0.15) is 27.7 Å². The molecule has 0 aliphatic carbocycles. The van der Waals surface area contributed by atoms with E-state index in [9.17, 15) is 37.3 Å². The minimum atomic E-state index is -4.98. The smallest absolute Gasteiger partial charge is 0.390 e. The van der Waals surface area contributed by atoms with Crippen molar-refractivity contribution in [1.29, 1.82) is 0 Å². The van der Waals surface area contributed by atoms with Crippen molar-refractivity contribution in [2.75, 3.05) is 13.7 Å². The second-order valence-electron chi connectivity index (χ2n) is 10.4. The molecule has 3 rings (SSSR count). The van der Waals surface area contributed by atoms with Crippen LogP contribution >= 0.6 is 0 Å². The minimum absolute atomic E-state index is 0.760. The molecule has 3 fully saturated rings. The van der Waals surface area contributed by atoms with Gasteiger partial charge >= 0.3 is 20.7 Å². The molecule has 3 aliphatic heterocycles. The number of aliphatic hydroxyl groups excluding tert-OH is 4. The van der Waals surface area contributed by atoms with Gasteiger partial charge in [-0.3, -0.25) is 8.74 Å². The van der Waals surface area contributed by atoms with E-state index >= 15 is 0 Å². The number of aliphatic hydroxyl groups is 4. The number of nitrogens with one attached hydrogen (secondary N) is 1. The molecule has 8 unspecified atom stereocenters. The predicted octanol–water partition coefficient (Wildman–Crippen LogP) is -3.89. The van der Waals surface area contributed by atoms with Gasteiger partial charge in [-0.15, -0.1) is 0 Å². The van der Waals surface area contributed by atoms with Crippen molar-refractivity contribution >= 4 is 20.7 Å². The summed E-state index contributed by atoms with van der Waals surface area (Å²) in [5.74, 6) is -0.785. The van der Waals surface area contributed by atoms with Crippen molar-refractivity contribution in [3.8, 4) is 0 Å². The highest BCUT2D eigenvalue weighted by molar-refractivity contribution is 7.84. The van der Waals surface area contributed by atoms with Crippen LogP contribution in [0.4, 0.5) is 0 Å². The fourth-order valence-corrected chi connectivity index (χ4v) is 6.02. The van der Waals surface area contributed by atoms with Gasteiger partial charge in [-0.1, -0.05) is 6.92 Å². The summed E-state index contributed by atoms with van der Waals surface area (Å²) in [4.78, 5) is 0. The van der Waals surface area contributed by atoms with Gasteiger partial charge in [0.25, 0.3) is 0 Å². The Kier molecular flexibility index (Phi) is 11.5. The molecule has 0 radical (unpaired) electrons. The van der Waals surface area contributed by atoms with Gasteiger partial charge in [0.05, 0.1) is 37.1 Å². The number of likely N-dealkylation sites (N-methyl/N-ethyl adjacent to an activating group) is 1. The van der Waals surface area contributed by atoms with E-state index in [-0.39, 0.29) is 0 Å². The van der Waals surface area contributed by atoms with Crippen LogP contribution in [0.3, 0.4) is 0 Å². The maximum absolute atomic E-state index is 11.5. The Labute approximate surface area is 238 Å². The van der Waals surface area contributed by atoms with Gasteiger partial charge in [0.2, 0.25) is 0 Å². The summed E-state index contributed by atoms with van der Waals surface area (Å²) in [7, 11) is -8.02. The first-order chi connectivity index (χ1) is 18.8. The Morgan fingerprint density at radius 3 is 1.90 bits per heavy atom. The number of ether oxygens (including phenoxy) is 5. The second-order valence-corrected chi connectivity index (χ2v) is 12.7. The average molecular weight is 641 g/mol. The first-order valence-corrected chi connectivity index (χ1v) is 15.7. The summed E-state index contributed by atoms with van der Waals surface area (Å²) in [6, 6.07) is -1.11. The van der Waals surface area contributed by atoms with Crippen molar-refractivity contribution in [2.45, 2.75) is 113 Å². The summed E-state index contributed by atoms with van der Waals surface area (Å²) < 4.78 is 93.2. The molecule has 18 nitrogen and oxygen atoms in total. The van der Waals surface area contributed by atoms with Crippen LogP contribution in [0.25, 0.3) is 0 Å². The maximum atomic E-state index is 11.5. The summed E-state index contributed by atoms with van der Waals surface area (Å²) >= 11 is 0. The van der Waals surface area contributed by atoms with E-state index < -0.39 is 119 Å². The summed E-state index contributed by atoms with van der Waals surface area (Å²) in [5.41, 5.74) is 0. The van der Waals surface area contributed by atoms with Gasteiger partial charge in [-0.2, -0.15) is 16.8 Å². The van der Waals surface area contributed by atoms with E-state index in [0.29, 0.717) is 0 Å². The lowest BCUT2D eigenvalue weighted by atomic mass is 9.92. The number of nitrogens with two attached hydrogens (primary N) is 1. The normalized spacial score (nSPS) is 46.4. The van der Waals surface area contributed by atoms with Gasteiger partial charge in [-0.05, 0) is 27.8 Å². The lowest BCUT2D eigenvalue weighted by Crippen LogP contribution is -2.67. The highest BCUT2D eigenvalue weighted by Crippen LogP contribution is 2.34. The molecular formula is C21H40N2O16S2. The second kappa shape index (κ2) is 13.5. The molecule has 0 aromatic carbocycles. The fourth-order valence-electron chi connectivity index (χ4n) is 5.14. The van der Waals surface area contributed by atoms with E-state index in [1.54, 1.807) is 0 Å². The Bertz CT molecular complexity index is 1080. The van der Waals surface area contributed by atoms with Crippen LogP contribution in [-0.4, -0.2) is 141 Å². The first-order valence-electron chi connectivity index (χ1n) is 12.8. The first kappa shape index (κ1) is 34.8. The molecule has 15 atom stereocenters. The molecule has 3 saturated heterocycles. The third-order valence-electron chi connectivity index (χ3n) is 7.39. The molecule has 0 spiro atoms. The Morgan fingerprint density at radius 1 is 0.756 bits per heavy atom. The van der Waals surface area contributed by atoms with Crippen LogP contribution in [0.2, 0.25) is 0 Å². The summed E-state index contributed by atoms with van der Waals surface area (Å²) in [5, 5.41) is 50.5. The van der Waals surface area contributed by atoms with Gasteiger partial charge in [-0.25, -0.2) is 9.32 Å². The molecule has 0 amide bonds. The van der Waals surface area contributed by atoms with Gasteiger partial charge < -0.3 is 49.4 Å². The monoisotopic (exact) mass is 640 g/mol. The third kappa shape index (κ3) is 8.50. The van der Waals surface area contributed by atoms with E-state index in [1.165, 1.54) is 34.7 Å². The molecule has 0 aromatic rings. The quantitative estimate of drug-likeness (QED) is 0.112. The summed E-state index contributed by atoms with van der Waals surface area (Å²) in [6.45, 7) is 5.21. The van der Waals surface area contributed by atoms with Crippen LogP contribution < -0.4 is 10.5 Å². The number of hydrogen-bond donors (Lipinski definition) is 7. The van der Waals surface area contributed by atoms with E-state index in [2.05, 4.69) is 9.50 Å². The zero-order valence-electron chi connectivity index (χ0n) is 23.0. The molecule has 8 N–H and O–H groups in total. The highest BCUT2D eigenvalue weighted by Gasteiger charge is 2.53. The molecule has 0 aromatic heterocycles. The Balaban J connectivity index is 1.86. The van der Waals surface area contributed by atoms with Crippen molar-refractivity contribution in [3.63, 3.8) is 0 Å². The van der Waals surface area contributed by atoms with E-state index in [1.807, 2.05) is 0 Å². The predicted molar refractivity (Wildman–Crippen MR) is 134 cm³/mol. The van der Waals surface area contributed by atoms with Gasteiger partial charge in [0.15, 0.2) is 12.6 Å². The van der Waals surface area contributed by atoms with Crippen molar-refractivity contribution in [3.05, 3.63) is 0 Å². The minimum Gasteiger partial charge on any atom is -0.390 e. The van der Waals surface area contributed by atoms with Crippen molar-refractivity contribution < 1.29 is 73.9 Å². The molecule has 0 saturated carbocycles. The molecule has 20 heteroatoms. The molecule has 41 heavy (non-hydrogen) atoms. The number of rotatable bonds is 10. The Hall–Kier alpha value is -0.660. The molecule has 3 heterocycles. The van der Waals surface area contributed by atoms with Crippen LogP contribution in [-0.2, 0) is 52.8 Å². The SMILES string of the molecule is CNC1[C@@H](OC2C(C)O[C@@H](C)C(OS(=O)(=O)O)[C@@H]2O)OC(COS(N)(=O)=O)[C@@H](O[C@@H]2OC(C)C(O)[C@@H](O)C2C)[C@@H]1O. The topological polar surface area (TPSA) is 272 Å². The van der Waals surface area contributed by atoms with Crippen molar-refractivity contribution in [1.82, 2.24) is 5.32 Å². The van der Waals surface area contributed by atoms with Crippen LogP contribution in [0.15, 0.2) is 0 Å². The fraction of sp³-hybridized carbons (Fsp3) is 1.00. The standard InChI is InChI=1S/C21H40N2O16S2/c1-7-13(24)14(25)8(2)35-20(7)38-19-11(6-33-40(22,28)29)36-21(12(23-5)15(19)26)37-17-9(3)34-10(4)18(16(17)27)39-41(30,31)32/h7-21,23-27H,6H2,1-5H3,(H2,22,28,29)(H,30,31,32)/t7?,8?,9?,10-,11?,12?,13-,14?,15+,16+,17?,18?,19+,20-,21+/m0/s1. The molecular weight excluding hydrogens is 600 g/mol. The zero-order valence-corrected chi connectivity index (χ0v) is 24.6. The zero-order chi connectivity index (χ0) is 31.0. The lowest BCUT2D eigenvalue weighted by Gasteiger charge is -2.49. The van der Waals surface area contributed by atoms with E-state index in [4.69, 9.17) is 37.6 Å². The van der Waals surface area contributed by atoms with Crippen LogP contribution in [0.5, 0.6) is 0 Å². The highest BCUT2D eigenvalue weighted by atomic mass is 32.3.